The summed E-state index contributed by atoms with van der Waals surface area (Å²) in [4.78, 5) is 16.7. The second-order valence-electron chi connectivity index (χ2n) is 3.23. The maximum atomic E-state index is 11.2. The van der Waals surface area contributed by atoms with Crippen molar-refractivity contribution < 1.29 is 4.79 Å². The molecule has 0 atom stereocenters. The Morgan fingerprint density at radius 2 is 2.36 bits per heavy atom. The Morgan fingerprint density at radius 1 is 1.64 bits per heavy atom. The molecule has 78 valence electrons. The zero-order chi connectivity index (χ0) is 10.6. The van der Waals surface area contributed by atoms with E-state index in [1.807, 2.05) is 7.05 Å². The molecular weight excluding hydrogens is 182 g/mol. The topological polar surface area (TPSA) is 63.1 Å². The number of hydrogen-bond donors (Lipinski definition) is 1. The normalized spacial score (nSPS) is 10.2. The van der Waals surface area contributed by atoms with Gasteiger partial charge in [-0.25, -0.2) is 4.98 Å². The van der Waals surface area contributed by atoms with Crippen LogP contribution in [0.15, 0.2) is 6.33 Å². The molecule has 14 heavy (non-hydrogen) atoms. The summed E-state index contributed by atoms with van der Waals surface area (Å²) >= 11 is 0. The lowest BCUT2D eigenvalue weighted by Gasteiger charge is -2.09. The van der Waals surface area contributed by atoms with E-state index in [0.29, 0.717) is 18.9 Å². The van der Waals surface area contributed by atoms with E-state index in [-0.39, 0.29) is 5.91 Å². The van der Waals surface area contributed by atoms with Crippen LogP contribution in [-0.4, -0.2) is 46.2 Å². The van der Waals surface area contributed by atoms with E-state index in [9.17, 15) is 4.79 Å². The van der Waals surface area contributed by atoms with Crippen LogP contribution in [0.2, 0.25) is 0 Å². The lowest BCUT2D eigenvalue weighted by atomic mass is 10.5. The van der Waals surface area contributed by atoms with Crippen LogP contribution in [0.4, 0.5) is 0 Å². The molecule has 0 saturated heterocycles. The summed E-state index contributed by atoms with van der Waals surface area (Å²) in [7, 11) is 5.26. The fourth-order valence-corrected chi connectivity index (χ4v) is 0.904. The Morgan fingerprint density at radius 3 is 2.86 bits per heavy atom. The molecule has 0 aliphatic heterocycles. The monoisotopic (exact) mass is 197 g/mol. The van der Waals surface area contributed by atoms with Crippen molar-refractivity contribution in [3.8, 4) is 0 Å². The predicted octanol–water partition coefficient (Wildman–Crippen LogP) is -1.01. The molecule has 1 amide bonds. The summed E-state index contributed by atoms with van der Waals surface area (Å²) in [6.45, 7) is 0.825. The van der Waals surface area contributed by atoms with Gasteiger partial charge in [-0.3, -0.25) is 9.48 Å². The minimum Gasteiger partial charge on any atom is -0.348 e. The minimum absolute atomic E-state index is 0.0425. The van der Waals surface area contributed by atoms with E-state index >= 15 is 0 Å². The molecular formula is C8H15N5O. The third kappa shape index (κ3) is 3.14. The van der Waals surface area contributed by atoms with E-state index in [0.717, 1.165) is 0 Å². The van der Waals surface area contributed by atoms with Crippen LogP contribution in [0.1, 0.15) is 5.82 Å². The number of amides is 1. The quantitative estimate of drug-likeness (QED) is 0.672. The average Bonchev–Trinajstić information content (AvgIpc) is 2.51. The van der Waals surface area contributed by atoms with E-state index in [1.165, 1.54) is 0 Å². The van der Waals surface area contributed by atoms with Crippen molar-refractivity contribution in [2.24, 2.45) is 7.05 Å². The second kappa shape index (κ2) is 4.71. The van der Waals surface area contributed by atoms with Crippen molar-refractivity contribution in [3.63, 3.8) is 0 Å². The highest BCUT2D eigenvalue weighted by molar-refractivity contribution is 5.77. The van der Waals surface area contributed by atoms with Gasteiger partial charge in [-0.2, -0.15) is 5.10 Å². The molecule has 6 heteroatoms. The molecule has 1 rings (SSSR count). The number of nitrogens with one attached hydrogen (secondary N) is 1. The largest absolute Gasteiger partial charge is 0.348 e. The van der Waals surface area contributed by atoms with Gasteiger partial charge in [0.1, 0.15) is 6.33 Å². The van der Waals surface area contributed by atoms with Crippen LogP contribution in [0.25, 0.3) is 0 Å². The van der Waals surface area contributed by atoms with E-state index in [4.69, 9.17) is 0 Å². The number of hydrogen-bond acceptors (Lipinski definition) is 4. The van der Waals surface area contributed by atoms with Gasteiger partial charge in [0, 0.05) is 21.1 Å². The molecule has 6 nitrogen and oxygen atoms in total. The van der Waals surface area contributed by atoms with Crippen molar-refractivity contribution in [2.45, 2.75) is 6.54 Å². The first kappa shape index (κ1) is 10.6. The zero-order valence-electron chi connectivity index (χ0n) is 8.69. The maximum absolute atomic E-state index is 11.2. The lowest BCUT2D eigenvalue weighted by Crippen LogP contribution is -2.32. The van der Waals surface area contributed by atoms with E-state index in [2.05, 4.69) is 15.4 Å². The van der Waals surface area contributed by atoms with Crippen LogP contribution in [0.5, 0.6) is 0 Å². The Hall–Kier alpha value is -1.43. The summed E-state index contributed by atoms with van der Waals surface area (Å²) < 4.78 is 1.63. The van der Waals surface area contributed by atoms with Gasteiger partial charge in [-0.05, 0) is 0 Å². The molecule has 1 N–H and O–H groups in total. The molecule has 0 aliphatic rings. The second-order valence-corrected chi connectivity index (χ2v) is 3.23. The molecule has 1 aromatic heterocycles. The first-order valence-corrected chi connectivity index (χ1v) is 4.35. The van der Waals surface area contributed by atoms with Crippen LogP contribution < -0.4 is 5.32 Å². The minimum atomic E-state index is 0.0425. The standard InChI is InChI=1S/C8H15N5O/c1-12(2)8(14)5-9-4-7-10-6-13(3)11-7/h6,9H,4-5H2,1-3H3. The van der Waals surface area contributed by atoms with Crippen molar-refractivity contribution >= 4 is 5.91 Å². The van der Waals surface area contributed by atoms with Crippen molar-refractivity contribution in [1.82, 2.24) is 25.0 Å². The van der Waals surface area contributed by atoms with Gasteiger partial charge in [0.05, 0.1) is 13.1 Å². The molecule has 0 aliphatic carbocycles. The Kier molecular flexibility index (Phi) is 3.58. The highest BCUT2D eigenvalue weighted by Gasteiger charge is 2.03. The van der Waals surface area contributed by atoms with Gasteiger partial charge in [0.15, 0.2) is 5.82 Å². The van der Waals surface area contributed by atoms with Gasteiger partial charge in [-0.15, -0.1) is 0 Å². The SMILES string of the molecule is CN(C)C(=O)CNCc1ncn(C)n1. The van der Waals surface area contributed by atoms with Gasteiger partial charge in [-0.1, -0.05) is 0 Å². The highest BCUT2D eigenvalue weighted by atomic mass is 16.2. The molecule has 0 saturated carbocycles. The molecule has 0 bridgehead atoms. The molecule has 1 aromatic rings. The van der Waals surface area contributed by atoms with Crippen LogP contribution >= 0.6 is 0 Å². The number of carbonyl (C=O) groups excluding carboxylic acids is 1. The maximum Gasteiger partial charge on any atom is 0.236 e. The summed E-state index contributed by atoms with van der Waals surface area (Å²) in [5.41, 5.74) is 0. The van der Waals surface area contributed by atoms with E-state index in [1.54, 1.807) is 30.0 Å². The first-order valence-electron chi connectivity index (χ1n) is 4.35. The highest BCUT2D eigenvalue weighted by Crippen LogP contribution is 1.86. The van der Waals surface area contributed by atoms with Crippen molar-refractivity contribution in [1.29, 1.82) is 0 Å². The molecule has 0 aromatic carbocycles. The Bertz CT molecular complexity index is 306. The van der Waals surface area contributed by atoms with Crippen LogP contribution in [-0.2, 0) is 18.4 Å². The molecule has 1 heterocycles. The van der Waals surface area contributed by atoms with Crippen molar-refractivity contribution in [3.05, 3.63) is 12.2 Å². The fourth-order valence-electron chi connectivity index (χ4n) is 0.904. The smallest absolute Gasteiger partial charge is 0.236 e. The molecule has 0 radical (unpaired) electrons. The van der Waals surface area contributed by atoms with Gasteiger partial charge in [0.25, 0.3) is 0 Å². The van der Waals surface area contributed by atoms with Crippen LogP contribution in [0.3, 0.4) is 0 Å². The molecule has 0 fully saturated rings. The zero-order valence-corrected chi connectivity index (χ0v) is 8.69. The number of carbonyl (C=O) groups is 1. The number of likely N-dealkylation sites (N-methyl/N-ethyl adjacent to an activating group) is 1. The van der Waals surface area contributed by atoms with E-state index < -0.39 is 0 Å². The van der Waals surface area contributed by atoms with Crippen LogP contribution in [0, 0.1) is 0 Å². The number of rotatable bonds is 4. The van der Waals surface area contributed by atoms with Gasteiger partial charge in [0.2, 0.25) is 5.91 Å². The summed E-state index contributed by atoms with van der Waals surface area (Å²) in [6, 6.07) is 0. The lowest BCUT2D eigenvalue weighted by molar-refractivity contribution is -0.127. The molecule has 0 spiro atoms. The Labute approximate surface area is 82.9 Å². The average molecular weight is 197 g/mol. The number of aryl methyl sites for hydroxylation is 1. The van der Waals surface area contributed by atoms with Crippen molar-refractivity contribution in [2.75, 3.05) is 20.6 Å². The third-order valence-electron chi connectivity index (χ3n) is 1.71. The van der Waals surface area contributed by atoms with Gasteiger partial charge >= 0.3 is 0 Å². The fraction of sp³-hybridized carbons (Fsp3) is 0.625. The third-order valence-corrected chi connectivity index (χ3v) is 1.71. The number of nitrogens with zero attached hydrogens (tertiary/aromatic N) is 4. The first-order chi connectivity index (χ1) is 6.59. The summed E-state index contributed by atoms with van der Waals surface area (Å²) in [5.74, 6) is 0.736. The Balaban J connectivity index is 2.25. The summed E-state index contributed by atoms with van der Waals surface area (Å²) in [5, 5.41) is 7.04. The summed E-state index contributed by atoms with van der Waals surface area (Å²) in [6.07, 6.45) is 1.63. The predicted molar refractivity (Wildman–Crippen MR) is 51.4 cm³/mol. The molecule has 0 unspecified atom stereocenters. The van der Waals surface area contributed by atoms with Gasteiger partial charge < -0.3 is 10.2 Å². The number of aromatic nitrogens is 3.